The maximum Gasteiger partial charge on any atom is 0.328 e. The van der Waals surface area contributed by atoms with Crippen LogP contribution in [-0.2, 0) is 32.0 Å². The molecule has 5 atom stereocenters. The van der Waals surface area contributed by atoms with E-state index in [1.54, 1.807) is 18.3 Å². The fraction of sp³-hybridized carbons (Fsp3) is 0.367. The lowest BCUT2D eigenvalue weighted by Gasteiger charge is -2.26. The number of carbonyl (C=O) groups excluding carboxylic acids is 3. The molecule has 0 saturated carbocycles. The third kappa shape index (κ3) is 10.2. The van der Waals surface area contributed by atoms with Crippen LogP contribution >= 0.6 is 0 Å². The number of aliphatic imine (C=N–C) groups is 1. The minimum absolute atomic E-state index is 0.00855. The van der Waals surface area contributed by atoms with Crippen LogP contribution < -0.4 is 33.2 Å². The minimum atomic E-state index is -1.63. The van der Waals surface area contributed by atoms with Crippen LogP contribution in [0.1, 0.15) is 30.9 Å². The number of phenols is 1. The number of carbonyl (C=O) groups is 4. The van der Waals surface area contributed by atoms with E-state index in [-0.39, 0.29) is 43.9 Å². The van der Waals surface area contributed by atoms with Crippen molar-refractivity contribution in [3.05, 3.63) is 65.9 Å². The number of nitrogens with zero attached hydrogens (tertiary/aromatic N) is 1. The molecule has 15 nitrogen and oxygen atoms in total. The van der Waals surface area contributed by atoms with Gasteiger partial charge in [-0.25, -0.2) is 4.79 Å². The first-order chi connectivity index (χ1) is 21.3. The normalized spacial score (nSPS) is 14.4. The number of guanidine groups is 1. The molecule has 45 heavy (non-hydrogen) atoms. The Labute approximate surface area is 259 Å². The quantitative estimate of drug-likeness (QED) is 0.0525. The van der Waals surface area contributed by atoms with Crippen LogP contribution in [0.25, 0.3) is 10.9 Å². The highest BCUT2D eigenvalue weighted by Gasteiger charge is 2.32. The van der Waals surface area contributed by atoms with Crippen LogP contribution in [0, 0.1) is 0 Å². The highest BCUT2D eigenvalue weighted by atomic mass is 16.4. The topological polar surface area (TPSA) is 271 Å². The van der Waals surface area contributed by atoms with Gasteiger partial charge in [0.2, 0.25) is 17.7 Å². The van der Waals surface area contributed by atoms with Crippen molar-refractivity contribution < 1.29 is 34.5 Å². The zero-order chi connectivity index (χ0) is 33.1. The molecule has 15 heteroatoms. The first kappa shape index (κ1) is 34.3. The lowest BCUT2D eigenvalue weighted by atomic mass is 10.0. The summed E-state index contributed by atoms with van der Waals surface area (Å²) in [5.41, 5.74) is 19.1. The van der Waals surface area contributed by atoms with Gasteiger partial charge < -0.3 is 53.5 Å². The van der Waals surface area contributed by atoms with Crippen molar-refractivity contribution in [3.8, 4) is 5.75 Å². The predicted molar refractivity (Wildman–Crippen MR) is 167 cm³/mol. The lowest BCUT2D eigenvalue weighted by molar-refractivity contribution is -0.145. The molecule has 0 aliphatic rings. The molecule has 0 aliphatic carbocycles. The maximum atomic E-state index is 13.8. The molecule has 1 aromatic heterocycles. The molecule has 0 radical (unpaired) electrons. The van der Waals surface area contributed by atoms with E-state index in [0.29, 0.717) is 11.1 Å². The zero-order valence-corrected chi connectivity index (χ0v) is 24.8. The monoisotopic (exact) mass is 624 g/mol. The molecule has 5 unspecified atom stereocenters. The van der Waals surface area contributed by atoms with Gasteiger partial charge in [0, 0.05) is 30.1 Å². The number of aromatic amines is 1. The SMILES string of the molecule is CC(O)C(NC(=O)C(CCCN=C(N)N)NC(=O)C(Cc1c[nH]c2ccccc12)NC(=O)C(N)Cc1ccc(O)cc1)C(=O)O. The number of aromatic hydroxyl groups is 1. The third-order valence-corrected chi connectivity index (χ3v) is 7.09. The number of phenolic OH excluding ortho intramolecular Hbond substituents is 1. The molecule has 3 amide bonds. The Hall–Kier alpha value is -5.15. The van der Waals surface area contributed by atoms with E-state index in [1.165, 1.54) is 19.1 Å². The van der Waals surface area contributed by atoms with E-state index in [9.17, 15) is 34.5 Å². The number of aromatic nitrogens is 1. The minimum Gasteiger partial charge on any atom is -0.508 e. The molecule has 3 rings (SSSR count). The molecule has 3 aromatic rings. The van der Waals surface area contributed by atoms with Crippen molar-refractivity contribution >= 4 is 40.6 Å². The average Bonchev–Trinajstić information content (AvgIpc) is 3.40. The summed E-state index contributed by atoms with van der Waals surface area (Å²) in [7, 11) is 0. The first-order valence-electron chi connectivity index (χ1n) is 14.3. The Kier molecular flexibility index (Phi) is 12.3. The van der Waals surface area contributed by atoms with Crippen LogP contribution in [-0.4, -0.2) is 86.8 Å². The molecule has 242 valence electrons. The highest BCUT2D eigenvalue weighted by molar-refractivity contribution is 5.95. The fourth-order valence-corrected chi connectivity index (χ4v) is 4.67. The Balaban J connectivity index is 1.85. The Morgan fingerprint density at radius 1 is 0.911 bits per heavy atom. The molecule has 2 aromatic carbocycles. The van der Waals surface area contributed by atoms with Crippen molar-refractivity contribution in [1.29, 1.82) is 0 Å². The van der Waals surface area contributed by atoms with Gasteiger partial charge in [0.05, 0.1) is 12.1 Å². The number of H-pyrrole nitrogens is 1. The number of carboxylic acid groups (broad SMARTS) is 1. The van der Waals surface area contributed by atoms with E-state index in [0.717, 1.165) is 10.9 Å². The second kappa shape index (κ2) is 16.1. The Bertz CT molecular complexity index is 1500. The van der Waals surface area contributed by atoms with Gasteiger partial charge in [-0.1, -0.05) is 30.3 Å². The summed E-state index contributed by atoms with van der Waals surface area (Å²) < 4.78 is 0. The van der Waals surface area contributed by atoms with E-state index < -0.39 is 54.0 Å². The summed E-state index contributed by atoms with van der Waals surface area (Å²) in [6.45, 7) is 1.34. The number of fused-ring (bicyclic) bond motifs is 1. The van der Waals surface area contributed by atoms with Crippen LogP contribution in [0.4, 0.5) is 0 Å². The summed E-state index contributed by atoms with van der Waals surface area (Å²) in [5, 5.41) is 37.2. The number of hydrogen-bond donors (Lipinski definition) is 10. The third-order valence-electron chi connectivity index (χ3n) is 7.09. The number of carboxylic acids is 1. The Morgan fingerprint density at radius 3 is 2.20 bits per heavy atom. The van der Waals surface area contributed by atoms with Gasteiger partial charge in [-0.05, 0) is 55.5 Å². The molecule has 0 spiro atoms. The molecule has 0 aliphatic heterocycles. The van der Waals surface area contributed by atoms with Crippen LogP contribution in [0.15, 0.2) is 59.7 Å². The molecule has 0 saturated heterocycles. The fourth-order valence-electron chi connectivity index (χ4n) is 4.67. The van der Waals surface area contributed by atoms with Gasteiger partial charge in [-0.15, -0.1) is 0 Å². The van der Waals surface area contributed by atoms with Gasteiger partial charge >= 0.3 is 5.97 Å². The van der Waals surface area contributed by atoms with E-state index in [1.807, 2.05) is 24.3 Å². The highest BCUT2D eigenvalue weighted by Crippen LogP contribution is 2.19. The maximum absolute atomic E-state index is 13.8. The van der Waals surface area contributed by atoms with E-state index >= 15 is 0 Å². The number of nitrogens with one attached hydrogen (secondary N) is 4. The van der Waals surface area contributed by atoms with Crippen molar-refractivity contribution in [2.45, 2.75) is 62.9 Å². The summed E-state index contributed by atoms with van der Waals surface area (Å²) >= 11 is 0. The van der Waals surface area contributed by atoms with Gasteiger partial charge in [0.25, 0.3) is 0 Å². The summed E-state index contributed by atoms with van der Waals surface area (Å²) in [4.78, 5) is 58.8. The molecule has 1 heterocycles. The number of para-hydroxylation sites is 1. The predicted octanol–water partition coefficient (Wildman–Crippen LogP) is -1.04. The van der Waals surface area contributed by atoms with Crippen molar-refractivity contribution in [2.75, 3.05) is 6.54 Å². The number of aliphatic carboxylic acids is 1. The number of amides is 3. The number of nitrogens with two attached hydrogens (primary N) is 3. The molecular formula is C30H40N8O7. The van der Waals surface area contributed by atoms with Crippen LogP contribution in [0.2, 0.25) is 0 Å². The van der Waals surface area contributed by atoms with Gasteiger partial charge in [0.15, 0.2) is 12.0 Å². The zero-order valence-electron chi connectivity index (χ0n) is 24.8. The molecule has 0 bridgehead atoms. The summed E-state index contributed by atoms with van der Waals surface area (Å²) in [6.07, 6.45) is 0.690. The van der Waals surface area contributed by atoms with Gasteiger partial charge in [-0.2, -0.15) is 0 Å². The van der Waals surface area contributed by atoms with E-state index in [4.69, 9.17) is 17.2 Å². The second-order valence-corrected chi connectivity index (χ2v) is 10.7. The second-order valence-electron chi connectivity index (χ2n) is 10.7. The smallest absolute Gasteiger partial charge is 0.328 e. The molecule has 0 fully saturated rings. The summed E-state index contributed by atoms with van der Waals surface area (Å²) in [6, 6.07) is 8.46. The number of benzene rings is 2. The number of hydrogen-bond acceptors (Lipinski definition) is 8. The van der Waals surface area contributed by atoms with Crippen molar-refractivity contribution in [2.24, 2.45) is 22.2 Å². The van der Waals surface area contributed by atoms with E-state index in [2.05, 4.69) is 25.9 Å². The summed E-state index contributed by atoms with van der Waals surface area (Å²) in [5.74, 6) is -3.77. The Morgan fingerprint density at radius 2 is 1.56 bits per heavy atom. The van der Waals surface area contributed by atoms with Crippen LogP contribution in [0.3, 0.4) is 0 Å². The number of rotatable bonds is 16. The molecular weight excluding hydrogens is 584 g/mol. The van der Waals surface area contributed by atoms with Crippen LogP contribution in [0.5, 0.6) is 5.75 Å². The van der Waals surface area contributed by atoms with Crippen molar-refractivity contribution in [1.82, 2.24) is 20.9 Å². The number of aliphatic hydroxyl groups is 1. The standard InChI is InChI=1S/C30H40N8O7/c1-16(39)25(29(44)45)38-27(42)23(7-4-12-34-30(32)33)36-28(43)24(14-18-15-35-22-6-3-2-5-20(18)22)37-26(41)21(31)13-17-8-10-19(40)11-9-17/h2-3,5-6,8-11,15-16,21,23-25,35,39-40H,4,7,12-14,31H2,1H3,(H,36,43)(H,37,41)(H,38,42)(H,44,45)(H4,32,33,34). The number of aliphatic hydroxyl groups excluding tert-OH is 1. The largest absolute Gasteiger partial charge is 0.508 e. The molecule has 13 N–H and O–H groups in total. The van der Waals surface area contributed by atoms with Crippen molar-refractivity contribution in [3.63, 3.8) is 0 Å². The average molecular weight is 625 g/mol. The first-order valence-corrected chi connectivity index (χ1v) is 14.3. The lowest BCUT2D eigenvalue weighted by Crippen LogP contribution is -2.58. The van der Waals surface area contributed by atoms with Gasteiger partial charge in [0.1, 0.15) is 17.8 Å². The van der Waals surface area contributed by atoms with Gasteiger partial charge in [-0.3, -0.25) is 19.4 Å².